The molecule has 2 nitrogen and oxygen atoms in total. The Morgan fingerprint density at radius 1 is 0.895 bits per heavy atom. The standard InChI is InChI=1S/C17H30N2/c1-5-17(6-2)18-13-15-9-11-16(12-10-15)14-19(7-3)8-4/h9-12,17-18H,5-8,13-14H2,1-4H3. The van der Waals surface area contributed by atoms with Crippen LogP contribution in [0.2, 0.25) is 0 Å². The molecule has 1 N–H and O–H groups in total. The minimum absolute atomic E-state index is 0.648. The average Bonchev–Trinajstić information content (AvgIpc) is 2.47. The third-order valence-corrected chi connectivity index (χ3v) is 3.90. The molecule has 1 rings (SSSR count). The summed E-state index contributed by atoms with van der Waals surface area (Å²) < 4.78 is 0. The van der Waals surface area contributed by atoms with E-state index in [0.29, 0.717) is 6.04 Å². The van der Waals surface area contributed by atoms with E-state index in [1.165, 1.54) is 24.0 Å². The predicted octanol–water partition coefficient (Wildman–Crippen LogP) is 3.81. The first-order valence-electron chi connectivity index (χ1n) is 7.76. The third-order valence-electron chi connectivity index (χ3n) is 3.90. The van der Waals surface area contributed by atoms with E-state index in [9.17, 15) is 0 Å². The highest BCUT2D eigenvalue weighted by Crippen LogP contribution is 2.08. The second-order valence-corrected chi connectivity index (χ2v) is 5.17. The molecule has 1 aromatic rings. The molecule has 0 radical (unpaired) electrons. The van der Waals surface area contributed by atoms with Gasteiger partial charge in [0.25, 0.3) is 0 Å². The van der Waals surface area contributed by atoms with E-state index in [4.69, 9.17) is 0 Å². The van der Waals surface area contributed by atoms with Crippen LogP contribution in [0, 0.1) is 0 Å². The lowest BCUT2D eigenvalue weighted by atomic mass is 10.1. The summed E-state index contributed by atoms with van der Waals surface area (Å²) in [4.78, 5) is 2.44. The molecule has 108 valence electrons. The van der Waals surface area contributed by atoms with E-state index < -0.39 is 0 Å². The molecule has 0 atom stereocenters. The van der Waals surface area contributed by atoms with Crippen molar-refractivity contribution in [2.75, 3.05) is 13.1 Å². The zero-order valence-electron chi connectivity index (χ0n) is 13.1. The van der Waals surface area contributed by atoms with E-state index in [2.05, 4.69) is 62.2 Å². The first kappa shape index (κ1) is 16.2. The highest BCUT2D eigenvalue weighted by Gasteiger charge is 2.03. The molecule has 19 heavy (non-hydrogen) atoms. The average molecular weight is 262 g/mol. The first-order valence-corrected chi connectivity index (χ1v) is 7.76. The Hall–Kier alpha value is -0.860. The Bertz CT molecular complexity index is 324. The van der Waals surface area contributed by atoms with Crippen molar-refractivity contribution in [2.24, 2.45) is 0 Å². The summed E-state index contributed by atoms with van der Waals surface area (Å²) in [5.74, 6) is 0. The van der Waals surface area contributed by atoms with Gasteiger partial charge in [0.15, 0.2) is 0 Å². The van der Waals surface area contributed by atoms with Crippen LogP contribution in [0.1, 0.15) is 51.7 Å². The van der Waals surface area contributed by atoms with Crippen LogP contribution >= 0.6 is 0 Å². The van der Waals surface area contributed by atoms with E-state index >= 15 is 0 Å². The van der Waals surface area contributed by atoms with Crippen molar-refractivity contribution >= 4 is 0 Å². The van der Waals surface area contributed by atoms with Crippen LogP contribution in [0.4, 0.5) is 0 Å². The topological polar surface area (TPSA) is 15.3 Å². The molecule has 0 amide bonds. The Labute approximate surface area is 119 Å². The second-order valence-electron chi connectivity index (χ2n) is 5.17. The Morgan fingerprint density at radius 3 is 1.89 bits per heavy atom. The van der Waals surface area contributed by atoms with E-state index in [1.54, 1.807) is 0 Å². The van der Waals surface area contributed by atoms with E-state index in [0.717, 1.165) is 26.2 Å². The predicted molar refractivity (Wildman–Crippen MR) is 84.3 cm³/mol. The van der Waals surface area contributed by atoms with Crippen molar-refractivity contribution in [3.05, 3.63) is 35.4 Å². The fourth-order valence-corrected chi connectivity index (χ4v) is 2.31. The van der Waals surface area contributed by atoms with E-state index in [-0.39, 0.29) is 0 Å². The monoisotopic (exact) mass is 262 g/mol. The van der Waals surface area contributed by atoms with E-state index in [1.807, 2.05) is 0 Å². The largest absolute Gasteiger partial charge is 0.310 e. The van der Waals surface area contributed by atoms with Crippen LogP contribution in [-0.2, 0) is 13.1 Å². The molecular weight excluding hydrogens is 232 g/mol. The van der Waals surface area contributed by atoms with Gasteiger partial charge in [0, 0.05) is 19.1 Å². The maximum atomic E-state index is 3.61. The van der Waals surface area contributed by atoms with Gasteiger partial charge in [0.05, 0.1) is 0 Å². The first-order chi connectivity index (χ1) is 9.23. The van der Waals surface area contributed by atoms with Gasteiger partial charge < -0.3 is 5.32 Å². The van der Waals surface area contributed by atoms with Crippen molar-refractivity contribution < 1.29 is 0 Å². The fourth-order valence-electron chi connectivity index (χ4n) is 2.31. The number of rotatable bonds is 9. The molecule has 0 saturated heterocycles. The van der Waals surface area contributed by atoms with Gasteiger partial charge >= 0.3 is 0 Å². The molecule has 0 spiro atoms. The lowest BCUT2D eigenvalue weighted by Crippen LogP contribution is -2.27. The minimum atomic E-state index is 0.648. The van der Waals surface area contributed by atoms with Crippen molar-refractivity contribution in [3.8, 4) is 0 Å². The maximum Gasteiger partial charge on any atom is 0.0233 e. The molecule has 0 saturated carbocycles. The number of hydrogen-bond donors (Lipinski definition) is 1. The summed E-state index contributed by atoms with van der Waals surface area (Å²) in [5, 5.41) is 3.61. The van der Waals surface area contributed by atoms with Crippen molar-refractivity contribution in [1.29, 1.82) is 0 Å². The van der Waals surface area contributed by atoms with Gasteiger partial charge in [-0.2, -0.15) is 0 Å². The molecule has 0 fully saturated rings. The van der Waals surface area contributed by atoms with Gasteiger partial charge in [-0.3, -0.25) is 4.90 Å². The summed E-state index contributed by atoms with van der Waals surface area (Å²) in [5.41, 5.74) is 2.80. The fraction of sp³-hybridized carbons (Fsp3) is 0.647. The normalized spacial score (nSPS) is 11.5. The van der Waals surface area contributed by atoms with Crippen LogP contribution in [-0.4, -0.2) is 24.0 Å². The van der Waals surface area contributed by atoms with Gasteiger partial charge in [-0.15, -0.1) is 0 Å². The molecule has 0 aliphatic rings. The Balaban J connectivity index is 2.47. The van der Waals surface area contributed by atoms with Crippen LogP contribution in [0.3, 0.4) is 0 Å². The van der Waals surface area contributed by atoms with Crippen molar-refractivity contribution in [3.63, 3.8) is 0 Å². The Morgan fingerprint density at radius 2 is 1.42 bits per heavy atom. The molecule has 2 heteroatoms. The van der Waals surface area contributed by atoms with Crippen LogP contribution in [0.5, 0.6) is 0 Å². The lowest BCUT2D eigenvalue weighted by molar-refractivity contribution is 0.296. The number of nitrogens with one attached hydrogen (secondary N) is 1. The van der Waals surface area contributed by atoms with Crippen LogP contribution in [0.15, 0.2) is 24.3 Å². The summed E-state index contributed by atoms with van der Waals surface area (Å²) in [7, 11) is 0. The van der Waals surface area contributed by atoms with Crippen molar-refractivity contribution in [1.82, 2.24) is 10.2 Å². The molecule has 0 aliphatic carbocycles. The van der Waals surface area contributed by atoms with Crippen molar-refractivity contribution in [2.45, 2.75) is 59.7 Å². The van der Waals surface area contributed by atoms with Crippen LogP contribution < -0.4 is 5.32 Å². The summed E-state index contributed by atoms with van der Waals surface area (Å²) in [6, 6.07) is 9.70. The summed E-state index contributed by atoms with van der Waals surface area (Å²) in [6.07, 6.45) is 2.41. The molecule has 0 aromatic heterocycles. The molecule has 1 aromatic carbocycles. The third kappa shape index (κ3) is 5.75. The van der Waals surface area contributed by atoms with Gasteiger partial charge in [0.1, 0.15) is 0 Å². The zero-order valence-corrected chi connectivity index (χ0v) is 13.1. The van der Waals surface area contributed by atoms with Gasteiger partial charge in [0.2, 0.25) is 0 Å². The highest BCUT2D eigenvalue weighted by atomic mass is 15.1. The number of hydrogen-bond acceptors (Lipinski definition) is 2. The minimum Gasteiger partial charge on any atom is -0.310 e. The molecule has 0 aliphatic heterocycles. The lowest BCUT2D eigenvalue weighted by Gasteiger charge is -2.18. The maximum absolute atomic E-state index is 3.61. The summed E-state index contributed by atoms with van der Waals surface area (Å²) in [6.45, 7) is 13.2. The van der Waals surface area contributed by atoms with Gasteiger partial charge in [-0.1, -0.05) is 52.0 Å². The highest BCUT2D eigenvalue weighted by molar-refractivity contribution is 5.22. The molecular formula is C17H30N2. The molecule has 0 unspecified atom stereocenters. The molecule has 0 bridgehead atoms. The van der Waals surface area contributed by atoms with Gasteiger partial charge in [-0.05, 0) is 37.1 Å². The second kappa shape index (κ2) is 9.11. The quantitative estimate of drug-likeness (QED) is 0.728. The SMILES string of the molecule is CCC(CC)NCc1ccc(CN(CC)CC)cc1. The zero-order chi connectivity index (χ0) is 14.1. The van der Waals surface area contributed by atoms with Crippen LogP contribution in [0.25, 0.3) is 0 Å². The number of nitrogens with zero attached hydrogens (tertiary/aromatic N) is 1. The number of benzene rings is 1. The Kier molecular flexibility index (Phi) is 7.76. The molecule has 0 heterocycles. The van der Waals surface area contributed by atoms with Gasteiger partial charge in [-0.25, -0.2) is 0 Å². The smallest absolute Gasteiger partial charge is 0.0233 e. The summed E-state index contributed by atoms with van der Waals surface area (Å²) >= 11 is 0.